The zero-order valence-corrected chi connectivity index (χ0v) is 12.6. The van der Waals surface area contributed by atoms with Crippen molar-refractivity contribution in [2.45, 2.75) is 44.8 Å². The fourth-order valence-corrected chi connectivity index (χ4v) is 4.08. The third kappa shape index (κ3) is 2.92. The SMILES string of the molecule is COc1cc(F)ccc1CN1CCC[C@]2(CCC[C@H]2O)C1. The minimum Gasteiger partial charge on any atom is -0.496 e. The monoisotopic (exact) mass is 293 g/mol. The Balaban J connectivity index is 1.73. The Bertz CT molecular complexity index is 508. The molecule has 1 N–H and O–H groups in total. The van der Waals surface area contributed by atoms with Gasteiger partial charge in [-0.05, 0) is 38.3 Å². The maximum Gasteiger partial charge on any atom is 0.126 e. The summed E-state index contributed by atoms with van der Waals surface area (Å²) in [6.45, 7) is 2.74. The van der Waals surface area contributed by atoms with Crippen LogP contribution in [0.25, 0.3) is 0 Å². The Hall–Kier alpha value is -1.13. The largest absolute Gasteiger partial charge is 0.496 e. The summed E-state index contributed by atoms with van der Waals surface area (Å²) in [5.74, 6) is 0.346. The lowest BCUT2D eigenvalue weighted by Crippen LogP contribution is -2.46. The van der Waals surface area contributed by atoms with Gasteiger partial charge in [0.05, 0.1) is 13.2 Å². The predicted octanol–water partition coefficient (Wildman–Crippen LogP) is 2.96. The van der Waals surface area contributed by atoms with Crippen molar-refractivity contribution in [2.75, 3.05) is 20.2 Å². The highest BCUT2D eigenvalue weighted by molar-refractivity contribution is 5.34. The molecule has 4 heteroatoms. The van der Waals surface area contributed by atoms with Crippen LogP contribution in [-0.4, -0.2) is 36.3 Å². The molecule has 1 aliphatic heterocycles. The number of nitrogens with zero attached hydrogens (tertiary/aromatic N) is 1. The first-order chi connectivity index (χ1) is 10.1. The van der Waals surface area contributed by atoms with Gasteiger partial charge in [0.15, 0.2) is 0 Å². The first-order valence-electron chi connectivity index (χ1n) is 7.86. The number of hydrogen-bond donors (Lipinski definition) is 1. The average Bonchev–Trinajstić information content (AvgIpc) is 2.81. The van der Waals surface area contributed by atoms with Gasteiger partial charge in [0.1, 0.15) is 11.6 Å². The molecule has 3 nitrogen and oxygen atoms in total. The van der Waals surface area contributed by atoms with Crippen molar-refractivity contribution in [3.8, 4) is 5.75 Å². The number of piperidine rings is 1. The molecule has 0 radical (unpaired) electrons. The molecule has 2 aliphatic rings. The number of halogens is 1. The van der Waals surface area contributed by atoms with Gasteiger partial charge in [0, 0.05) is 30.1 Å². The summed E-state index contributed by atoms with van der Waals surface area (Å²) < 4.78 is 18.6. The molecule has 0 unspecified atom stereocenters. The van der Waals surface area contributed by atoms with E-state index >= 15 is 0 Å². The molecule has 1 saturated carbocycles. The van der Waals surface area contributed by atoms with Crippen LogP contribution in [0.3, 0.4) is 0 Å². The van der Waals surface area contributed by atoms with Crippen LogP contribution < -0.4 is 4.74 Å². The standard InChI is InChI=1S/C17H24FNO2/c1-21-15-10-14(18)6-5-13(15)11-19-9-3-8-17(12-19)7-2-4-16(17)20/h5-6,10,16,20H,2-4,7-9,11-12H2,1H3/t16-,17-/m1/s1. The maximum atomic E-state index is 13.3. The Kier molecular flexibility index (Phi) is 4.18. The molecular weight excluding hydrogens is 269 g/mol. The van der Waals surface area contributed by atoms with Crippen LogP contribution in [-0.2, 0) is 6.54 Å². The molecule has 3 rings (SSSR count). The minimum absolute atomic E-state index is 0.0888. The first-order valence-corrected chi connectivity index (χ1v) is 7.86. The molecule has 1 spiro atoms. The molecule has 1 aromatic carbocycles. The van der Waals surface area contributed by atoms with E-state index < -0.39 is 0 Å². The highest BCUT2D eigenvalue weighted by Gasteiger charge is 2.44. The van der Waals surface area contributed by atoms with Crippen molar-refractivity contribution in [3.05, 3.63) is 29.6 Å². The van der Waals surface area contributed by atoms with Crippen LogP contribution in [0.15, 0.2) is 18.2 Å². The minimum atomic E-state index is -0.267. The van der Waals surface area contributed by atoms with Crippen molar-refractivity contribution in [1.29, 1.82) is 0 Å². The molecule has 0 aromatic heterocycles. The highest BCUT2D eigenvalue weighted by atomic mass is 19.1. The van der Waals surface area contributed by atoms with Crippen LogP contribution in [0.1, 0.15) is 37.7 Å². The second-order valence-corrected chi connectivity index (χ2v) is 6.54. The Morgan fingerprint density at radius 1 is 1.38 bits per heavy atom. The normalized spacial score (nSPS) is 30.0. The fourth-order valence-electron chi connectivity index (χ4n) is 4.08. The van der Waals surface area contributed by atoms with E-state index in [0.29, 0.717) is 5.75 Å². The Morgan fingerprint density at radius 2 is 2.19 bits per heavy atom. The fraction of sp³-hybridized carbons (Fsp3) is 0.647. The van der Waals surface area contributed by atoms with Crippen molar-refractivity contribution in [1.82, 2.24) is 4.90 Å². The van der Waals surface area contributed by atoms with Crippen molar-refractivity contribution < 1.29 is 14.2 Å². The molecule has 0 amide bonds. The molecule has 116 valence electrons. The van der Waals surface area contributed by atoms with Gasteiger partial charge in [-0.1, -0.05) is 12.5 Å². The van der Waals surface area contributed by atoms with Gasteiger partial charge >= 0.3 is 0 Å². The van der Waals surface area contributed by atoms with Gasteiger partial charge in [-0.3, -0.25) is 4.90 Å². The van der Waals surface area contributed by atoms with Crippen LogP contribution in [0.5, 0.6) is 5.75 Å². The lowest BCUT2D eigenvalue weighted by molar-refractivity contribution is -0.0121. The highest BCUT2D eigenvalue weighted by Crippen LogP contribution is 2.45. The van der Waals surface area contributed by atoms with E-state index in [1.165, 1.54) is 12.1 Å². The Labute approximate surface area is 125 Å². The second kappa shape index (κ2) is 5.93. The molecule has 1 heterocycles. The predicted molar refractivity (Wildman–Crippen MR) is 79.8 cm³/mol. The smallest absolute Gasteiger partial charge is 0.126 e. The number of aliphatic hydroxyl groups excluding tert-OH is 1. The zero-order chi connectivity index (χ0) is 14.9. The summed E-state index contributed by atoms with van der Waals surface area (Å²) in [6.07, 6.45) is 5.30. The topological polar surface area (TPSA) is 32.7 Å². The molecule has 1 aliphatic carbocycles. The maximum absolute atomic E-state index is 13.3. The molecule has 1 aromatic rings. The van der Waals surface area contributed by atoms with Gasteiger partial charge in [-0.15, -0.1) is 0 Å². The van der Waals surface area contributed by atoms with E-state index in [-0.39, 0.29) is 17.3 Å². The van der Waals surface area contributed by atoms with Gasteiger partial charge in [-0.2, -0.15) is 0 Å². The molecule has 2 fully saturated rings. The summed E-state index contributed by atoms with van der Waals surface area (Å²) in [5, 5.41) is 10.3. The van der Waals surface area contributed by atoms with Gasteiger partial charge in [0.25, 0.3) is 0 Å². The number of methoxy groups -OCH3 is 1. The van der Waals surface area contributed by atoms with Crippen molar-refractivity contribution in [3.63, 3.8) is 0 Å². The third-order valence-electron chi connectivity index (χ3n) is 5.19. The molecule has 21 heavy (non-hydrogen) atoms. The summed E-state index contributed by atoms with van der Waals surface area (Å²) in [5.41, 5.74) is 1.11. The second-order valence-electron chi connectivity index (χ2n) is 6.54. The van der Waals surface area contributed by atoms with E-state index in [9.17, 15) is 9.50 Å². The quantitative estimate of drug-likeness (QED) is 0.930. The molecule has 1 saturated heterocycles. The number of likely N-dealkylation sites (tertiary alicyclic amines) is 1. The first kappa shape index (κ1) is 14.8. The van der Waals surface area contributed by atoms with E-state index in [0.717, 1.165) is 57.3 Å². The summed E-state index contributed by atoms with van der Waals surface area (Å²) in [6, 6.07) is 4.74. The summed E-state index contributed by atoms with van der Waals surface area (Å²) >= 11 is 0. The molecule has 2 atom stereocenters. The molecular formula is C17H24FNO2. The Morgan fingerprint density at radius 3 is 2.90 bits per heavy atom. The number of aliphatic hydroxyl groups is 1. The average molecular weight is 293 g/mol. The number of hydrogen-bond acceptors (Lipinski definition) is 3. The lowest BCUT2D eigenvalue weighted by atomic mass is 9.76. The van der Waals surface area contributed by atoms with E-state index in [2.05, 4.69) is 4.90 Å². The number of rotatable bonds is 3. The number of ether oxygens (including phenoxy) is 1. The summed E-state index contributed by atoms with van der Waals surface area (Å²) in [7, 11) is 1.58. The third-order valence-corrected chi connectivity index (χ3v) is 5.19. The lowest BCUT2D eigenvalue weighted by Gasteiger charge is -2.42. The van der Waals surface area contributed by atoms with Gasteiger partial charge in [-0.25, -0.2) is 4.39 Å². The van der Waals surface area contributed by atoms with E-state index in [1.54, 1.807) is 13.2 Å². The van der Waals surface area contributed by atoms with E-state index in [1.807, 2.05) is 0 Å². The van der Waals surface area contributed by atoms with Crippen LogP contribution >= 0.6 is 0 Å². The van der Waals surface area contributed by atoms with Gasteiger partial charge in [0.2, 0.25) is 0 Å². The van der Waals surface area contributed by atoms with Crippen LogP contribution in [0, 0.1) is 11.2 Å². The molecule has 0 bridgehead atoms. The number of benzene rings is 1. The summed E-state index contributed by atoms with van der Waals surface area (Å²) in [4.78, 5) is 2.38. The van der Waals surface area contributed by atoms with Crippen LogP contribution in [0.4, 0.5) is 4.39 Å². The van der Waals surface area contributed by atoms with Crippen LogP contribution in [0.2, 0.25) is 0 Å². The van der Waals surface area contributed by atoms with Gasteiger partial charge < -0.3 is 9.84 Å². The van der Waals surface area contributed by atoms with E-state index in [4.69, 9.17) is 4.74 Å². The van der Waals surface area contributed by atoms with Crippen molar-refractivity contribution in [2.24, 2.45) is 5.41 Å². The zero-order valence-electron chi connectivity index (χ0n) is 12.6. The van der Waals surface area contributed by atoms with Crippen molar-refractivity contribution >= 4 is 0 Å².